The van der Waals surface area contributed by atoms with Crippen LogP contribution in [0.25, 0.3) is 0 Å². The molecule has 0 amide bonds. The molecule has 1 fully saturated rings. The SMILES string of the molecule is S=c1[nH]c(C2(c3ccccc3)CCC2)ncc1Br. The normalized spacial score (nSPS) is 17.2. The second-order valence-corrected chi connectivity index (χ2v) is 5.97. The fourth-order valence-electron chi connectivity index (χ4n) is 2.57. The van der Waals surface area contributed by atoms with Crippen molar-refractivity contribution < 1.29 is 0 Å². The molecule has 0 atom stereocenters. The monoisotopic (exact) mass is 320 g/mol. The van der Waals surface area contributed by atoms with E-state index in [9.17, 15) is 0 Å². The number of rotatable bonds is 2. The average molecular weight is 321 g/mol. The van der Waals surface area contributed by atoms with Gasteiger partial charge in [-0.15, -0.1) is 0 Å². The molecule has 18 heavy (non-hydrogen) atoms. The Labute approximate surface area is 120 Å². The molecule has 0 unspecified atom stereocenters. The standard InChI is InChI=1S/C14H13BrN2S/c15-11-9-16-13(17-12(11)18)14(7-4-8-14)10-5-2-1-3-6-10/h1-3,5-6,9H,4,7-8H2,(H,16,17,18). The Bertz CT molecular complexity index is 617. The van der Waals surface area contributed by atoms with E-state index < -0.39 is 0 Å². The lowest BCUT2D eigenvalue weighted by Gasteiger charge is -2.41. The van der Waals surface area contributed by atoms with Crippen LogP contribution in [0.2, 0.25) is 0 Å². The van der Waals surface area contributed by atoms with Crippen molar-refractivity contribution in [3.63, 3.8) is 0 Å². The molecule has 0 saturated heterocycles. The van der Waals surface area contributed by atoms with Gasteiger partial charge in [-0.25, -0.2) is 4.98 Å². The van der Waals surface area contributed by atoms with Crippen molar-refractivity contribution in [3.05, 3.63) is 57.0 Å². The largest absolute Gasteiger partial charge is 0.333 e. The van der Waals surface area contributed by atoms with Crippen LogP contribution in [0.4, 0.5) is 0 Å². The summed E-state index contributed by atoms with van der Waals surface area (Å²) in [5, 5.41) is 0. The van der Waals surface area contributed by atoms with Crippen LogP contribution in [-0.4, -0.2) is 9.97 Å². The van der Waals surface area contributed by atoms with Crippen LogP contribution < -0.4 is 0 Å². The van der Waals surface area contributed by atoms with Crippen LogP contribution in [0.1, 0.15) is 30.7 Å². The number of hydrogen-bond donors (Lipinski definition) is 1. The molecule has 0 radical (unpaired) electrons. The van der Waals surface area contributed by atoms with Crippen molar-refractivity contribution in [3.8, 4) is 0 Å². The van der Waals surface area contributed by atoms with Gasteiger partial charge in [0.05, 0.1) is 9.89 Å². The summed E-state index contributed by atoms with van der Waals surface area (Å²) in [6.07, 6.45) is 5.32. The van der Waals surface area contributed by atoms with Gasteiger partial charge in [-0.1, -0.05) is 49.0 Å². The lowest BCUT2D eigenvalue weighted by atomic mass is 9.64. The van der Waals surface area contributed by atoms with E-state index in [1.807, 2.05) is 6.07 Å². The summed E-state index contributed by atoms with van der Waals surface area (Å²) in [6, 6.07) is 10.6. The molecule has 1 N–H and O–H groups in total. The molecule has 1 saturated carbocycles. The topological polar surface area (TPSA) is 28.7 Å². The maximum atomic E-state index is 5.29. The Kier molecular flexibility index (Phi) is 3.08. The number of nitrogens with zero attached hydrogens (tertiary/aromatic N) is 1. The lowest BCUT2D eigenvalue weighted by Crippen LogP contribution is -2.37. The third-order valence-electron chi connectivity index (χ3n) is 3.74. The third-order valence-corrected chi connectivity index (χ3v) is 4.93. The van der Waals surface area contributed by atoms with Crippen molar-refractivity contribution in [2.24, 2.45) is 0 Å². The molecule has 2 nitrogen and oxygen atoms in total. The summed E-state index contributed by atoms with van der Waals surface area (Å²) in [6.45, 7) is 0. The Morgan fingerprint density at radius 2 is 1.94 bits per heavy atom. The van der Waals surface area contributed by atoms with E-state index in [-0.39, 0.29) is 5.41 Å². The highest BCUT2D eigenvalue weighted by Crippen LogP contribution is 2.47. The minimum atomic E-state index is 0.0372. The number of halogens is 1. The van der Waals surface area contributed by atoms with Gasteiger partial charge in [-0.05, 0) is 34.3 Å². The van der Waals surface area contributed by atoms with Gasteiger partial charge in [-0.2, -0.15) is 0 Å². The van der Waals surface area contributed by atoms with Gasteiger partial charge >= 0.3 is 0 Å². The van der Waals surface area contributed by atoms with Crippen LogP contribution >= 0.6 is 28.1 Å². The average Bonchev–Trinajstić information content (AvgIpc) is 2.34. The second-order valence-electron chi connectivity index (χ2n) is 4.71. The highest BCUT2D eigenvalue weighted by molar-refractivity contribution is 9.10. The molecule has 1 aromatic carbocycles. The highest BCUT2D eigenvalue weighted by atomic mass is 79.9. The van der Waals surface area contributed by atoms with Crippen LogP contribution in [0.5, 0.6) is 0 Å². The smallest absolute Gasteiger partial charge is 0.120 e. The molecule has 2 aromatic rings. The fourth-order valence-corrected chi connectivity index (χ4v) is 2.92. The van der Waals surface area contributed by atoms with Gasteiger partial charge < -0.3 is 4.98 Å². The van der Waals surface area contributed by atoms with Crippen molar-refractivity contribution in [2.75, 3.05) is 0 Å². The van der Waals surface area contributed by atoms with E-state index in [0.29, 0.717) is 0 Å². The molecule has 3 rings (SSSR count). The Morgan fingerprint density at radius 3 is 2.50 bits per heavy atom. The fraction of sp³-hybridized carbons (Fsp3) is 0.286. The minimum absolute atomic E-state index is 0.0372. The first-order chi connectivity index (χ1) is 8.72. The summed E-state index contributed by atoms with van der Waals surface area (Å²) in [4.78, 5) is 7.81. The molecule has 0 bridgehead atoms. The van der Waals surface area contributed by atoms with E-state index in [4.69, 9.17) is 12.2 Å². The first kappa shape index (κ1) is 12.1. The molecule has 0 aliphatic heterocycles. The van der Waals surface area contributed by atoms with E-state index in [1.54, 1.807) is 6.20 Å². The van der Waals surface area contributed by atoms with Crippen molar-refractivity contribution in [1.82, 2.24) is 9.97 Å². The molecule has 4 heteroatoms. The number of aromatic amines is 1. The second kappa shape index (κ2) is 4.59. The van der Waals surface area contributed by atoms with Gasteiger partial charge in [0.15, 0.2) is 0 Å². The molecule has 1 heterocycles. The molecular formula is C14H13BrN2S. The lowest BCUT2D eigenvalue weighted by molar-refractivity contribution is 0.284. The Balaban J connectivity index is 2.12. The van der Waals surface area contributed by atoms with Gasteiger partial charge in [0.25, 0.3) is 0 Å². The predicted octanol–water partition coefficient (Wildman–Crippen LogP) is 4.37. The maximum Gasteiger partial charge on any atom is 0.120 e. The number of aromatic nitrogens is 2. The van der Waals surface area contributed by atoms with Crippen LogP contribution in [-0.2, 0) is 5.41 Å². The van der Waals surface area contributed by atoms with Crippen LogP contribution in [0.3, 0.4) is 0 Å². The molecule has 0 spiro atoms. The number of hydrogen-bond acceptors (Lipinski definition) is 2. The van der Waals surface area contributed by atoms with Gasteiger partial charge in [-0.3, -0.25) is 0 Å². The number of H-pyrrole nitrogens is 1. The molecular weight excluding hydrogens is 308 g/mol. The molecule has 1 aliphatic carbocycles. The van der Waals surface area contributed by atoms with Crippen molar-refractivity contribution in [1.29, 1.82) is 0 Å². The van der Waals surface area contributed by atoms with E-state index in [0.717, 1.165) is 27.8 Å². The molecule has 1 aliphatic rings. The van der Waals surface area contributed by atoms with Crippen molar-refractivity contribution in [2.45, 2.75) is 24.7 Å². The summed E-state index contributed by atoms with van der Waals surface area (Å²) in [5.41, 5.74) is 1.37. The Morgan fingerprint density at radius 1 is 1.22 bits per heavy atom. The first-order valence-corrected chi connectivity index (χ1v) is 7.23. The van der Waals surface area contributed by atoms with E-state index >= 15 is 0 Å². The molecule has 92 valence electrons. The number of benzene rings is 1. The van der Waals surface area contributed by atoms with E-state index in [1.165, 1.54) is 12.0 Å². The highest BCUT2D eigenvalue weighted by Gasteiger charge is 2.42. The zero-order valence-corrected chi connectivity index (χ0v) is 12.2. The summed E-state index contributed by atoms with van der Waals surface area (Å²) >= 11 is 8.68. The zero-order valence-electron chi connectivity index (χ0n) is 9.82. The minimum Gasteiger partial charge on any atom is -0.333 e. The number of nitrogens with one attached hydrogen (secondary N) is 1. The van der Waals surface area contributed by atoms with Crippen LogP contribution in [0, 0.1) is 4.64 Å². The summed E-state index contributed by atoms with van der Waals surface area (Å²) < 4.78 is 1.57. The third kappa shape index (κ3) is 1.84. The van der Waals surface area contributed by atoms with Crippen molar-refractivity contribution >= 4 is 28.1 Å². The quantitative estimate of drug-likeness (QED) is 0.832. The predicted molar refractivity (Wildman–Crippen MR) is 78.2 cm³/mol. The maximum absolute atomic E-state index is 5.29. The molecule has 1 aromatic heterocycles. The summed E-state index contributed by atoms with van der Waals surface area (Å²) in [7, 11) is 0. The van der Waals surface area contributed by atoms with Crippen LogP contribution in [0.15, 0.2) is 41.0 Å². The first-order valence-electron chi connectivity index (χ1n) is 6.03. The Hall–Kier alpha value is -1.00. The van der Waals surface area contributed by atoms with E-state index in [2.05, 4.69) is 50.2 Å². The van der Waals surface area contributed by atoms with Gasteiger partial charge in [0.1, 0.15) is 10.5 Å². The van der Waals surface area contributed by atoms with Gasteiger partial charge in [0.2, 0.25) is 0 Å². The zero-order chi connectivity index (χ0) is 12.6. The van der Waals surface area contributed by atoms with Gasteiger partial charge in [0, 0.05) is 6.20 Å². The summed E-state index contributed by atoms with van der Waals surface area (Å²) in [5.74, 6) is 0.994.